The second-order valence-corrected chi connectivity index (χ2v) is 6.39. The van der Waals surface area contributed by atoms with Gasteiger partial charge in [-0.05, 0) is 13.3 Å². The normalized spacial score (nSPS) is 10.8. The minimum Gasteiger partial charge on any atom is -0.466 e. The van der Waals surface area contributed by atoms with Crippen LogP contribution in [0.1, 0.15) is 58.8 Å². The van der Waals surface area contributed by atoms with Crippen molar-refractivity contribution in [3.8, 4) is 0 Å². The highest BCUT2D eigenvalue weighted by molar-refractivity contribution is 5.69. The van der Waals surface area contributed by atoms with E-state index in [1.807, 2.05) is 0 Å². The van der Waals surface area contributed by atoms with Gasteiger partial charge >= 0.3 is 11.9 Å². The van der Waals surface area contributed by atoms with E-state index in [0.29, 0.717) is 65.9 Å². The molecular formula is C21H40O8. The number of hydrogen-bond acceptors (Lipinski definition) is 8. The number of hydrogen-bond donors (Lipinski definition) is 0. The molecule has 0 aromatic rings. The first-order valence-electron chi connectivity index (χ1n) is 10.8. The molecule has 0 aliphatic carbocycles. The van der Waals surface area contributed by atoms with E-state index in [0.717, 1.165) is 12.8 Å². The fraction of sp³-hybridized carbons (Fsp3) is 0.905. The summed E-state index contributed by atoms with van der Waals surface area (Å²) >= 11 is 0. The van der Waals surface area contributed by atoms with E-state index in [2.05, 4.69) is 6.92 Å². The van der Waals surface area contributed by atoms with Crippen molar-refractivity contribution in [1.82, 2.24) is 0 Å². The summed E-state index contributed by atoms with van der Waals surface area (Å²) in [6.07, 6.45) is 6.34. The predicted octanol–water partition coefficient (Wildman–Crippen LogP) is 2.91. The van der Waals surface area contributed by atoms with Crippen LogP contribution in [0.25, 0.3) is 0 Å². The lowest BCUT2D eigenvalue weighted by molar-refractivity contribution is -0.146. The summed E-state index contributed by atoms with van der Waals surface area (Å²) in [5.74, 6) is -0.400. The molecule has 0 aromatic heterocycles. The summed E-state index contributed by atoms with van der Waals surface area (Å²) in [5.41, 5.74) is 0. The highest BCUT2D eigenvalue weighted by atomic mass is 16.6. The van der Waals surface area contributed by atoms with Crippen molar-refractivity contribution in [1.29, 1.82) is 0 Å². The molecule has 0 heterocycles. The van der Waals surface area contributed by atoms with E-state index in [4.69, 9.17) is 28.4 Å². The molecule has 0 atom stereocenters. The molecule has 0 N–H and O–H groups in total. The maximum Gasteiger partial charge on any atom is 0.308 e. The van der Waals surface area contributed by atoms with E-state index >= 15 is 0 Å². The molecule has 0 saturated heterocycles. The number of esters is 2. The summed E-state index contributed by atoms with van der Waals surface area (Å²) in [7, 11) is 0. The Morgan fingerprint density at radius 2 is 1.00 bits per heavy atom. The standard InChI is InChI=1S/C21H40O8/c1-3-5-6-7-8-9-20(22)29-19-18-27-17-16-26-15-14-25-13-12-24-11-10-21(23)28-4-2/h3-19H2,1-2H3. The zero-order valence-electron chi connectivity index (χ0n) is 18.3. The average Bonchev–Trinajstić information content (AvgIpc) is 2.71. The summed E-state index contributed by atoms with van der Waals surface area (Å²) in [6.45, 7) is 8.07. The maximum atomic E-state index is 11.5. The zero-order valence-corrected chi connectivity index (χ0v) is 18.3. The first-order valence-corrected chi connectivity index (χ1v) is 10.8. The van der Waals surface area contributed by atoms with Gasteiger partial charge in [0.15, 0.2) is 0 Å². The van der Waals surface area contributed by atoms with Gasteiger partial charge in [-0.15, -0.1) is 0 Å². The van der Waals surface area contributed by atoms with Crippen LogP contribution in [0.3, 0.4) is 0 Å². The molecule has 0 unspecified atom stereocenters. The molecule has 0 amide bonds. The Kier molecular flexibility index (Phi) is 22.1. The van der Waals surface area contributed by atoms with E-state index in [-0.39, 0.29) is 25.0 Å². The quantitative estimate of drug-likeness (QED) is 0.195. The van der Waals surface area contributed by atoms with Crippen LogP contribution in [0.4, 0.5) is 0 Å². The SMILES string of the molecule is CCCCCCCC(=O)OCCOCCOCCOCCOCCC(=O)OCC. The van der Waals surface area contributed by atoms with Gasteiger partial charge in [0, 0.05) is 6.42 Å². The Bertz CT molecular complexity index is 376. The van der Waals surface area contributed by atoms with Crippen LogP contribution < -0.4 is 0 Å². The lowest BCUT2D eigenvalue weighted by atomic mass is 10.1. The second kappa shape index (κ2) is 23.1. The van der Waals surface area contributed by atoms with Gasteiger partial charge in [0.25, 0.3) is 0 Å². The Morgan fingerprint density at radius 3 is 1.55 bits per heavy atom. The van der Waals surface area contributed by atoms with Crippen molar-refractivity contribution >= 4 is 11.9 Å². The van der Waals surface area contributed by atoms with E-state index < -0.39 is 0 Å². The molecule has 8 heteroatoms. The number of carbonyl (C=O) groups excluding carboxylic acids is 2. The van der Waals surface area contributed by atoms with Gasteiger partial charge in [-0.3, -0.25) is 9.59 Å². The van der Waals surface area contributed by atoms with Gasteiger partial charge in [-0.25, -0.2) is 0 Å². The summed E-state index contributed by atoms with van der Waals surface area (Å²) in [6, 6.07) is 0. The number of unbranched alkanes of at least 4 members (excludes halogenated alkanes) is 4. The van der Waals surface area contributed by atoms with Crippen LogP contribution in [0.5, 0.6) is 0 Å². The molecule has 0 rings (SSSR count). The van der Waals surface area contributed by atoms with Crippen molar-refractivity contribution in [3.05, 3.63) is 0 Å². The van der Waals surface area contributed by atoms with Crippen molar-refractivity contribution in [2.24, 2.45) is 0 Å². The topological polar surface area (TPSA) is 89.5 Å². The fourth-order valence-corrected chi connectivity index (χ4v) is 2.31. The van der Waals surface area contributed by atoms with Crippen molar-refractivity contribution in [2.45, 2.75) is 58.8 Å². The zero-order chi connectivity index (χ0) is 21.4. The number of rotatable bonds is 22. The van der Waals surface area contributed by atoms with Crippen LogP contribution in [0.15, 0.2) is 0 Å². The molecule has 29 heavy (non-hydrogen) atoms. The summed E-state index contributed by atoms with van der Waals surface area (Å²) in [5, 5.41) is 0. The lowest BCUT2D eigenvalue weighted by Gasteiger charge is -2.08. The molecule has 172 valence electrons. The first-order chi connectivity index (χ1) is 14.2. The second-order valence-electron chi connectivity index (χ2n) is 6.39. The minimum atomic E-state index is -0.250. The molecule has 0 spiro atoms. The van der Waals surface area contributed by atoms with Crippen LogP contribution in [0, 0.1) is 0 Å². The van der Waals surface area contributed by atoms with Crippen LogP contribution in [-0.4, -0.2) is 78.0 Å². The van der Waals surface area contributed by atoms with E-state index in [9.17, 15) is 9.59 Å². The Morgan fingerprint density at radius 1 is 0.517 bits per heavy atom. The van der Waals surface area contributed by atoms with Gasteiger partial charge in [-0.1, -0.05) is 32.6 Å². The van der Waals surface area contributed by atoms with Crippen LogP contribution in [0.2, 0.25) is 0 Å². The monoisotopic (exact) mass is 420 g/mol. The number of carbonyl (C=O) groups is 2. The van der Waals surface area contributed by atoms with Gasteiger partial charge < -0.3 is 28.4 Å². The minimum absolute atomic E-state index is 0.150. The maximum absolute atomic E-state index is 11.5. The molecule has 0 aromatic carbocycles. The smallest absolute Gasteiger partial charge is 0.308 e. The van der Waals surface area contributed by atoms with E-state index in [1.165, 1.54) is 19.3 Å². The van der Waals surface area contributed by atoms with Gasteiger partial charge in [0.2, 0.25) is 0 Å². The third-order valence-electron chi connectivity index (χ3n) is 3.85. The molecule has 0 aliphatic heterocycles. The fourth-order valence-electron chi connectivity index (χ4n) is 2.31. The summed E-state index contributed by atoms with van der Waals surface area (Å²) < 4.78 is 31.2. The van der Waals surface area contributed by atoms with Crippen molar-refractivity contribution < 1.29 is 38.0 Å². The lowest BCUT2D eigenvalue weighted by Crippen LogP contribution is -2.15. The number of ether oxygens (including phenoxy) is 6. The summed E-state index contributed by atoms with van der Waals surface area (Å²) in [4.78, 5) is 22.6. The van der Waals surface area contributed by atoms with Crippen LogP contribution in [-0.2, 0) is 38.0 Å². The molecule has 0 saturated carbocycles. The van der Waals surface area contributed by atoms with Crippen molar-refractivity contribution in [2.75, 3.05) is 66.1 Å². The Labute approximate surface area is 175 Å². The predicted molar refractivity (Wildman–Crippen MR) is 109 cm³/mol. The van der Waals surface area contributed by atoms with Gasteiger partial charge in [0.1, 0.15) is 6.61 Å². The molecular weight excluding hydrogens is 380 g/mol. The Hall–Kier alpha value is -1.22. The van der Waals surface area contributed by atoms with Gasteiger partial charge in [0.05, 0.1) is 65.9 Å². The highest BCUT2D eigenvalue weighted by Crippen LogP contribution is 2.05. The largest absolute Gasteiger partial charge is 0.466 e. The third kappa shape index (κ3) is 22.9. The molecule has 8 nitrogen and oxygen atoms in total. The van der Waals surface area contributed by atoms with E-state index in [1.54, 1.807) is 6.92 Å². The average molecular weight is 421 g/mol. The third-order valence-corrected chi connectivity index (χ3v) is 3.85. The van der Waals surface area contributed by atoms with Crippen molar-refractivity contribution in [3.63, 3.8) is 0 Å². The van der Waals surface area contributed by atoms with Gasteiger partial charge in [-0.2, -0.15) is 0 Å². The highest BCUT2D eigenvalue weighted by Gasteiger charge is 2.02. The van der Waals surface area contributed by atoms with Crippen LogP contribution >= 0.6 is 0 Å². The molecule has 0 bridgehead atoms. The molecule has 0 radical (unpaired) electrons. The molecule has 0 fully saturated rings. The molecule has 0 aliphatic rings. The Balaban J connectivity index is 3.15. The first kappa shape index (κ1) is 27.8.